The molecular formula is C19H14F3N3O3S. The van der Waals surface area contributed by atoms with E-state index in [1.807, 2.05) is 0 Å². The third kappa shape index (κ3) is 3.51. The Bertz CT molecular complexity index is 1260. The topological polar surface area (TPSA) is 72.7 Å². The summed E-state index contributed by atoms with van der Waals surface area (Å²) in [6, 6.07) is 9.09. The van der Waals surface area contributed by atoms with Gasteiger partial charge in [0.25, 0.3) is 0 Å². The molecule has 2 aromatic heterocycles. The summed E-state index contributed by atoms with van der Waals surface area (Å²) < 4.78 is 47.0. The highest BCUT2D eigenvalue weighted by Gasteiger charge is 2.32. The second kappa shape index (κ2) is 7.03. The Morgan fingerprint density at radius 1 is 1.17 bits per heavy atom. The predicted molar refractivity (Wildman–Crippen MR) is 103 cm³/mol. The van der Waals surface area contributed by atoms with E-state index in [0.29, 0.717) is 26.2 Å². The summed E-state index contributed by atoms with van der Waals surface area (Å²) in [5, 5.41) is 2.50. The second-order valence-corrected chi connectivity index (χ2v) is 7.29. The largest absolute Gasteiger partial charge is 0.469 e. The van der Waals surface area contributed by atoms with E-state index >= 15 is 0 Å². The standard InChI is InChI=1S/C19H14F3N3O3S/c1-28-16(27)7-6-15(26)23-12-8-10(19(20,21)22)9-14-17(12)29-18-24-11-4-2-3-5-13(11)25(14)18/h2-5,8-9H,6-7H2,1H3,(H,23,26). The smallest absolute Gasteiger partial charge is 0.416 e. The minimum absolute atomic E-state index is 0.0317. The number of methoxy groups -OCH3 is 1. The van der Waals surface area contributed by atoms with Gasteiger partial charge in [-0.25, -0.2) is 4.98 Å². The van der Waals surface area contributed by atoms with Gasteiger partial charge in [-0.15, -0.1) is 0 Å². The molecule has 0 aliphatic carbocycles. The van der Waals surface area contributed by atoms with E-state index in [2.05, 4.69) is 15.0 Å². The molecule has 1 amide bonds. The Kier molecular flexibility index (Phi) is 4.65. The lowest BCUT2D eigenvalue weighted by atomic mass is 10.1. The van der Waals surface area contributed by atoms with E-state index < -0.39 is 23.6 Å². The van der Waals surface area contributed by atoms with Crippen molar-refractivity contribution in [3.63, 3.8) is 0 Å². The number of nitrogens with one attached hydrogen (secondary N) is 1. The van der Waals surface area contributed by atoms with Crippen LogP contribution >= 0.6 is 11.3 Å². The normalized spacial score (nSPS) is 12.0. The summed E-state index contributed by atoms with van der Waals surface area (Å²) in [6.07, 6.45) is -4.96. The number of benzene rings is 2. The Balaban J connectivity index is 1.85. The number of aromatic nitrogens is 2. The molecule has 29 heavy (non-hydrogen) atoms. The molecule has 0 atom stereocenters. The first-order valence-corrected chi connectivity index (χ1v) is 9.37. The summed E-state index contributed by atoms with van der Waals surface area (Å²) in [7, 11) is 1.20. The van der Waals surface area contributed by atoms with E-state index in [-0.39, 0.29) is 18.5 Å². The summed E-state index contributed by atoms with van der Waals surface area (Å²) >= 11 is 1.18. The monoisotopic (exact) mass is 421 g/mol. The lowest BCUT2D eigenvalue weighted by molar-refractivity contribution is -0.141. The third-order valence-electron chi connectivity index (χ3n) is 4.42. The van der Waals surface area contributed by atoms with E-state index in [4.69, 9.17) is 0 Å². The molecule has 0 saturated carbocycles. The molecule has 150 valence electrons. The number of anilines is 1. The van der Waals surface area contributed by atoms with Crippen molar-refractivity contribution in [2.24, 2.45) is 0 Å². The molecule has 2 heterocycles. The first-order valence-electron chi connectivity index (χ1n) is 8.55. The number of carbonyl (C=O) groups is 2. The van der Waals surface area contributed by atoms with Crippen LogP contribution in [0.25, 0.3) is 26.2 Å². The van der Waals surface area contributed by atoms with Crippen molar-refractivity contribution in [2.45, 2.75) is 19.0 Å². The Morgan fingerprint density at radius 3 is 2.66 bits per heavy atom. The van der Waals surface area contributed by atoms with Gasteiger partial charge in [-0.05, 0) is 24.3 Å². The fourth-order valence-corrected chi connectivity index (χ4v) is 4.16. The van der Waals surface area contributed by atoms with Crippen LogP contribution < -0.4 is 5.32 Å². The van der Waals surface area contributed by atoms with E-state index in [1.54, 1.807) is 28.7 Å². The summed E-state index contributed by atoms with van der Waals surface area (Å²) in [6.45, 7) is 0. The molecule has 0 saturated heterocycles. The summed E-state index contributed by atoms with van der Waals surface area (Å²) in [5.41, 5.74) is 0.796. The molecular weight excluding hydrogens is 407 g/mol. The minimum atomic E-state index is -4.59. The van der Waals surface area contributed by atoms with Crippen molar-refractivity contribution < 1.29 is 27.5 Å². The predicted octanol–water partition coefficient (Wildman–Crippen LogP) is 4.61. The fourth-order valence-electron chi connectivity index (χ4n) is 3.07. The fraction of sp³-hybridized carbons (Fsp3) is 0.211. The number of imidazole rings is 1. The van der Waals surface area contributed by atoms with Gasteiger partial charge in [0.2, 0.25) is 5.91 Å². The van der Waals surface area contributed by atoms with Crippen LogP contribution in [0, 0.1) is 0 Å². The van der Waals surface area contributed by atoms with Crippen molar-refractivity contribution in [3.05, 3.63) is 42.0 Å². The number of ether oxygens (including phenoxy) is 1. The molecule has 0 aliphatic rings. The molecule has 0 aliphatic heterocycles. The maximum atomic E-state index is 13.5. The van der Waals surface area contributed by atoms with Gasteiger partial charge in [-0.1, -0.05) is 23.5 Å². The summed E-state index contributed by atoms with van der Waals surface area (Å²) in [4.78, 5) is 28.4. The molecule has 4 rings (SSSR count). The lowest BCUT2D eigenvalue weighted by Crippen LogP contribution is -2.15. The molecule has 0 radical (unpaired) electrons. The minimum Gasteiger partial charge on any atom is -0.469 e. The van der Waals surface area contributed by atoms with Crippen molar-refractivity contribution in [1.82, 2.24) is 9.38 Å². The second-order valence-electron chi connectivity index (χ2n) is 6.31. The Morgan fingerprint density at radius 2 is 1.93 bits per heavy atom. The van der Waals surface area contributed by atoms with Gasteiger partial charge < -0.3 is 10.1 Å². The zero-order chi connectivity index (χ0) is 20.8. The van der Waals surface area contributed by atoms with Crippen LogP contribution in [0.2, 0.25) is 0 Å². The SMILES string of the molecule is COC(=O)CCC(=O)Nc1cc(C(F)(F)F)cc2c1sc1nc3ccccc3n12. The van der Waals surface area contributed by atoms with Crippen molar-refractivity contribution in [2.75, 3.05) is 12.4 Å². The van der Waals surface area contributed by atoms with Crippen LogP contribution in [0.4, 0.5) is 18.9 Å². The number of para-hydroxylation sites is 2. The molecule has 0 fully saturated rings. The van der Waals surface area contributed by atoms with Crippen molar-refractivity contribution >= 4 is 55.1 Å². The van der Waals surface area contributed by atoms with Crippen LogP contribution in [-0.4, -0.2) is 28.4 Å². The third-order valence-corrected chi connectivity index (χ3v) is 5.51. The Hall–Kier alpha value is -3.14. The highest BCUT2D eigenvalue weighted by Crippen LogP contribution is 2.40. The van der Waals surface area contributed by atoms with Crippen molar-refractivity contribution in [1.29, 1.82) is 0 Å². The zero-order valence-electron chi connectivity index (χ0n) is 15.0. The Labute approximate surface area is 165 Å². The number of amides is 1. The van der Waals surface area contributed by atoms with Gasteiger partial charge in [-0.3, -0.25) is 14.0 Å². The lowest BCUT2D eigenvalue weighted by Gasteiger charge is -2.11. The maximum absolute atomic E-state index is 13.5. The van der Waals surface area contributed by atoms with Crippen molar-refractivity contribution in [3.8, 4) is 0 Å². The summed E-state index contributed by atoms with van der Waals surface area (Å²) in [5.74, 6) is -1.15. The van der Waals surface area contributed by atoms with Gasteiger partial charge in [0.05, 0.1) is 46.0 Å². The van der Waals surface area contributed by atoms with E-state index in [0.717, 1.165) is 12.1 Å². The number of nitrogens with zero attached hydrogens (tertiary/aromatic N) is 2. The van der Waals surface area contributed by atoms with E-state index in [9.17, 15) is 22.8 Å². The number of thiazole rings is 1. The van der Waals surface area contributed by atoms with Gasteiger partial charge in [0.1, 0.15) is 0 Å². The molecule has 0 unspecified atom stereocenters. The van der Waals surface area contributed by atoms with Crippen LogP contribution in [0.3, 0.4) is 0 Å². The van der Waals surface area contributed by atoms with Gasteiger partial charge >= 0.3 is 12.1 Å². The molecule has 4 aromatic rings. The quantitative estimate of drug-likeness (QED) is 0.489. The highest BCUT2D eigenvalue weighted by atomic mass is 32.1. The average Bonchev–Trinajstić information content (AvgIpc) is 3.21. The highest BCUT2D eigenvalue weighted by molar-refractivity contribution is 7.24. The number of alkyl halides is 3. The maximum Gasteiger partial charge on any atom is 0.416 e. The molecule has 6 nitrogen and oxygen atoms in total. The van der Waals surface area contributed by atoms with Gasteiger partial charge in [-0.2, -0.15) is 13.2 Å². The molecule has 0 bridgehead atoms. The van der Waals surface area contributed by atoms with Crippen LogP contribution in [0.15, 0.2) is 36.4 Å². The van der Waals surface area contributed by atoms with Gasteiger partial charge in [0.15, 0.2) is 4.96 Å². The number of rotatable bonds is 4. The number of carbonyl (C=O) groups excluding carboxylic acids is 2. The number of hydrogen-bond donors (Lipinski definition) is 1. The number of fused-ring (bicyclic) bond motifs is 5. The molecule has 0 spiro atoms. The zero-order valence-corrected chi connectivity index (χ0v) is 15.9. The van der Waals surface area contributed by atoms with Gasteiger partial charge in [0, 0.05) is 6.42 Å². The molecule has 2 aromatic carbocycles. The first-order chi connectivity index (χ1) is 13.8. The molecule has 10 heteroatoms. The molecule has 1 N–H and O–H groups in total. The first kappa shape index (κ1) is 19.2. The van der Waals surface area contributed by atoms with Crippen LogP contribution in [0.1, 0.15) is 18.4 Å². The average molecular weight is 421 g/mol. The number of hydrogen-bond acceptors (Lipinski definition) is 5. The van der Waals surface area contributed by atoms with E-state index in [1.165, 1.54) is 18.4 Å². The van der Waals surface area contributed by atoms with Crippen LogP contribution in [0.5, 0.6) is 0 Å². The van der Waals surface area contributed by atoms with Crippen LogP contribution in [-0.2, 0) is 20.5 Å². The number of halogens is 3. The number of esters is 1.